The summed E-state index contributed by atoms with van der Waals surface area (Å²) in [5, 5.41) is 7.69. The first kappa shape index (κ1) is 13.1. The summed E-state index contributed by atoms with van der Waals surface area (Å²) in [4.78, 5) is 6.97. The highest BCUT2D eigenvalue weighted by atomic mass is 15.3. The van der Waals surface area contributed by atoms with Crippen LogP contribution in [0.3, 0.4) is 0 Å². The minimum atomic E-state index is 0.528. The lowest BCUT2D eigenvalue weighted by atomic mass is 9.83. The third kappa shape index (κ3) is 2.41. The van der Waals surface area contributed by atoms with E-state index >= 15 is 0 Å². The molecular weight excluding hydrogens is 238 g/mol. The molecule has 2 aliphatic heterocycles. The monoisotopic (exact) mass is 263 g/mol. The number of nitrogens with zero attached hydrogens (tertiary/aromatic N) is 4. The molecule has 2 aliphatic rings. The van der Waals surface area contributed by atoms with Gasteiger partial charge in [0.15, 0.2) is 0 Å². The molecule has 2 saturated heterocycles. The van der Waals surface area contributed by atoms with Gasteiger partial charge in [0.25, 0.3) is 0 Å². The van der Waals surface area contributed by atoms with Gasteiger partial charge >= 0.3 is 0 Å². The Hall–Kier alpha value is -0.940. The molecule has 106 valence electrons. The maximum Gasteiger partial charge on any atom is 0.138 e. The number of hydrogen-bond donors (Lipinski definition) is 1. The Bertz CT molecular complexity index is 415. The Balaban J connectivity index is 1.68. The second kappa shape index (κ2) is 5.21. The zero-order chi connectivity index (χ0) is 13.4. The molecule has 1 aromatic rings. The largest absolute Gasteiger partial charge is 0.316 e. The fraction of sp³-hybridized carbons (Fsp3) is 0.857. The second-order valence-electron chi connectivity index (χ2n) is 6.18. The van der Waals surface area contributed by atoms with E-state index in [1.165, 1.54) is 25.7 Å². The standard InChI is InChI=1S/C14H25N5/c1-15-13(8-14-16-9-17-19(14)3)10-6-11-4-5-12(7-10)18(11)2/h9-13,15H,4-8H2,1-3H3. The molecule has 0 aromatic carbocycles. The van der Waals surface area contributed by atoms with Crippen LogP contribution in [0.1, 0.15) is 31.5 Å². The molecule has 0 saturated carbocycles. The molecule has 0 amide bonds. The highest BCUT2D eigenvalue weighted by molar-refractivity contribution is 4.99. The van der Waals surface area contributed by atoms with Crippen molar-refractivity contribution in [2.24, 2.45) is 13.0 Å². The third-order valence-corrected chi connectivity index (χ3v) is 5.28. The van der Waals surface area contributed by atoms with E-state index in [2.05, 4.69) is 34.4 Å². The van der Waals surface area contributed by atoms with Crippen molar-refractivity contribution >= 4 is 0 Å². The molecule has 3 heterocycles. The Kier molecular flexibility index (Phi) is 3.58. The molecule has 3 rings (SSSR count). The van der Waals surface area contributed by atoms with Gasteiger partial charge in [0.2, 0.25) is 0 Å². The first-order valence-electron chi connectivity index (χ1n) is 7.41. The molecule has 2 bridgehead atoms. The van der Waals surface area contributed by atoms with Crippen molar-refractivity contribution in [3.63, 3.8) is 0 Å². The van der Waals surface area contributed by atoms with Crippen LogP contribution in [0, 0.1) is 5.92 Å². The van der Waals surface area contributed by atoms with Crippen LogP contribution in [0.25, 0.3) is 0 Å². The van der Waals surface area contributed by atoms with Crippen LogP contribution < -0.4 is 5.32 Å². The average molecular weight is 263 g/mol. The van der Waals surface area contributed by atoms with E-state index in [9.17, 15) is 0 Å². The smallest absolute Gasteiger partial charge is 0.138 e. The lowest BCUT2D eigenvalue weighted by Gasteiger charge is -2.39. The van der Waals surface area contributed by atoms with Gasteiger partial charge in [-0.1, -0.05) is 0 Å². The number of piperidine rings is 1. The summed E-state index contributed by atoms with van der Waals surface area (Å²) >= 11 is 0. The van der Waals surface area contributed by atoms with E-state index < -0.39 is 0 Å². The van der Waals surface area contributed by atoms with E-state index in [4.69, 9.17) is 0 Å². The Morgan fingerprint density at radius 3 is 2.53 bits per heavy atom. The van der Waals surface area contributed by atoms with E-state index in [1.807, 2.05) is 11.7 Å². The van der Waals surface area contributed by atoms with Gasteiger partial charge < -0.3 is 10.2 Å². The van der Waals surface area contributed by atoms with Gasteiger partial charge in [-0.3, -0.25) is 4.68 Å². The molecule has 0 aliphatic carbocycles. The fourth-order valence-corrected chi connectivity index (χ4v) is 3.99. The lowest BCUT2D eigenvalue weighted by Crippen LogP contribution is -2.47. The summed E-state index contributed by atoms with van der Waals surface area (Å²) in [7, 11) is 6.37. The van der Waals surface area contributed by atoms with Crippen LogP contribution in [0.5, 0.6) is 0 Å². The third-order valence-electron chi connectivity index (χ3n) is 5.28. The molecule has 1 N–H and O–H groups in total. The van der Waals surface area contributed by atoms with Gasteiger partial charge in [-0.25, -0.2) is 4.98 Å². The van der Waals surface area contributed by atoms with Gasteiger partial charge in [-0.2, -0.15) is 5.10 Å². The van der Waals surface area contributed by atoms with E-state index in [1.54, 1.807) is 6.33 Å². The first-order chi connectivity index (χ1) is 9.19. The molecule has 0 radical (unpaired) electrons. The lowest BCUT2D eigenvalue weighted by molar-refractivity contribution is 0.113. The van der Waals surface area contributed by atoms with Crippen molar-refractivity contribution in [1.82, 2.24) is 25.0 Å². The number of hydrogen-bond acceptors (Lipinski definition) is 4. The van der Waals surface area contributed by atoms with Crippen LogP contribution >= 0.6 is 0 Å². The number of nitrogens with one attached hydrogen (secondary N) is 1. The molecular formula is C14H25N5. The normalized spacial score (nSPS) is 32.7. The van der Waals surface area contributed by atoms with Crippen molar-refractivity contribution in [1.29, 1.82) is 0 Å². The second-order valence-corrected chi connectivity index (χ2v) is 6.18. The molecule has 3 unspecified atom stereocenters. The van der Waals surface area contributed by atoms with E-state index in [-0.39, 0.29) is 0 Å². The van der Waals surface area contributed by atoms with Gasteiger partial charge in [-0.15, -0.1) is 0 Å². The van der Waals surface area contributed by atoms with Crippen molar-refractivity contribution in [2.75, 3.05) is 14.1 Å². The van der Waals surface area contributed by atoms with Crippen LogP contribution in [-0.2, 0) is 13.5 Å². The Morgan fingerprint density at radius 2 is 2.00 bits per heavy atom. The molecule has 2 fully saturated rings. The van der Waals surface area contributed by atoms with Crippen LogP contribution in [-0.4, -0.2) is 51.9 Å². The number of aromatic nitrogens is 3. The average Bonchev–Trinajstić information content (AvgIpc) is 2.87. The molecule has 0 spiro atoms. The first-order valence-corrected chi connectivity index (χ1v) is 7.41. The van der Waals surface area contributed by atoms with Crippen molar-refractivity contribution in [3.8, 4) is 0 Å². The number of fused-ring (bicyclic) bond motifs is 2. The van der Waals surface area contributed by atoms with Gasteiger partial charge in [0.1, 0.15) is 12.2 Å². The van der Waals surface area contributed by atoms with E-state index in [0.29, 0.717) is 6.04 Å². The summed E-state index contributed by atoms with van der Waals surface area (Å²) in [6, 6.07) is 2.14. The van der Waals surface area contributed by atoms with Crippen LogP contribution in [0.4, 0.5) is 0 Å². The Morgan fingerprint density at radius 1 is 1.32 bits per heavy atom. The SMILES string of the molecule is CNC(Cc1ncnn1C)C1CC2CCC(C1)N2C. The van der Waals surface area contributed by atoms with Gasteiger partial charge in [0.05, 0.1) is 0 Å². The summed E-state index contributed by atoms with van der Waals surface area (Å²) < 4.78 is 1.90. The maximum absolute atomic E-state index is 4.37. The quantitative estimate of drug-likeness (QED) is 0.873. The molecule has 19 heavy (non-hydrogen) atoms. The predicted octanol–water partition coefficient (Wildman–Crippen LogP) is 0.818. The van der Waals surface area contributed by atoms with Crippen LogP contribution in [0.15, 0.2) is 6.33 Å². The zero-order valence-corrected chi connectivity index (χ0v) is 12.2. The number of aryl methyl sites for hydroxylation is 1. The number of likely N-dealkylation sites (N-methyl/N-ethyl adjacent to an activating group) is 1. The highest BCUT2D eigenvalue weighted by Gasteiger charge is 2.40. The summed E-state index contributed by atoms with van der Waals surface area (Å²) in [5.41, 5.74) is 0. The number of rotatable bonds is 4. The zero-order valence-electron chi connectivity index (χ0n) is 12.2. The van der Waals surface area contributed by atoms with Crippen molar-refractivity contribution in [3.05, 3.63) is 12.2 Å². The maximum atomic E-state index is 4.37. The fourth-order valence-electron chi connectivity index (χ4n) is 3.99. The van der Waals surface area contributed by atoms with Crippen molar-refractivity contribution in [2.45, 2.75) is 50.2 Å². The minimum Gasteiger partial charge on any atom is -0.316 e. The Labute approximate surface area is 115 Å². The van der Waals surface area contributed by atoms with Crippen LogP contribution in [0.2, 0.25) is 0 Å². The summed E-state index contributed by atoms with van der Waals surface area (Å²) in [5.74, 6) is 1.86. The molecule has 3 atom stereocenters. The predicted molar refractivity (Wildman–Crippen MR) is 74.9 cm³/mol. The summed E-state index contributed by atoms with van der Waals surface area (Å²) in [6.07, 6.45) is 8.07. The minimum absolute atomic E-state index is 0.528. The van der Waals surface area contributed by atoms with Gasteiger partial charge in [0, 0.05) is 31.6 Å². The highest BCUT2D eigenvalue weighted by Crippen LogP contribution is 2.39. The van der Waals surface area contributed by atoms with E-state index in [0.717, 1.165) is 30.2 Å². The molecule has 1 aromatic heterocycles. The molecule has 5 nitrogen and oxygen atoms in total. The molecule has 5 heteroatoms. The van der Waals surface area contributed by atoms with Crippen molar-refractivity contribution < 1.29 is 0 Å². The topological polar surface area (TPSA) is 46.0 Å². The summed E-state index contributed by atoms with van der Waals surface area (Å²) in [6.45, 7) is 0. The van der Waals surface area contributed by atoms with Gasteiger partial charge in [-0.05, 0) is 45.7 Å².